The SMILES string of the molecule is CCNC(=O)[C@H](C)Sc1nc2ccccc2c(=O)n1CC(=O)OC. The van der Waals surface area contributed by atoms with E-state index in [4.69, 9.17) is 0 Å². The number of hydrogen-bond acceptors (Lipinski definition) is 6. The molecule has 7 nitrogen and oxygen atoms in total. The second-order valence-electron chi connectivity index (χ2n) is 5.03. The molecule has 1 N–H and O–H groups in total. The molecule has 1 amide bonds. The summed E-state index contributed by atoms with van der Waals surface area (Å²) in [5.41, 5.74) is 0.186. The number of carbonyl (C=O) groups excluding carboxylic acids is 2. The van der Waals surface area contributed by atoms with Gasteiger partial charge in [-0.3, -0.25) is 19.0 Å². The van der Waals surface area contributed by atoms with E-state index in [1.54, 1.807) is 31.2 Å². The fourth-order valence-electron chi connectivity index (χ4n) is 2.10. The van der Waals surface area contributed by atoms with Gasteiger partial charge in [0.1, 0.15) is 6.54 Å². The summed E-state index contributed by atoms with van der Waals surface area (Å²) in [6.45, 7) is 3.82. The zero-order valence-corrected chi connectivity index (χ0v) is 14.6. The average molecular weight is 349 g/mol. The highest BCUT2D eigenvalue weighted by Crippen LogP contribution is 2.22. The van der Waals surface area contributed by atoms with E-state index in [0.717, 1.165) is 11.8 Å². The molecule has 0 aliphatic rings. The highest BCUT2D eigenvalue weighted by Gasteiger charge is 2.20. The van der Waals surface area contributed by atoms with Crippen LogP contribution in [-0.4, -0.2) is 40.3 Å². The van der Waals surface area contributed by atoms with Crippen LogP contribution in [0, 0.1) is 0 Å². The molecule has 0 fully saturated rings. The van der Waals surface area contributed by atoms with E-state index >= 15 is 0 Å². The number of ether oxygens (including phenoxy) is 1. The summed E-state index contributed by atoms with van der Waals surface area (Å²) in [6.07, 6.45) is 0. The van der Waals surface area contributed by atoms with Crippen LogP contribution in [0.3, 0.4) is 0 Å². The van der Waals surface area contributed by atoms with Crippen molar-refractivity contribution in [1.29, 1.82) is 0 Å². The highest BCUT2D eigenvalue weighted by atomic mass is 32.2. The number of para-hydroxylation sites is 1. The van der Waals surface area contributed by atoms with Crippen molar-refractivity contribution in [3.63, 3.8) is 0 Å². The third kappa shape index (κ3) is 3.94. The molecule has 0 aliphatic heterocycles. The number of aromatic nitrogens is 2. The molecule has 128 valence electrons. The van der Waals surface area contributed by atoms with Gasteiger partial charge in [-0.15, -0.1) is 0 Å². The van der Waals surface area contributed by atoms with Crippen molar-refractivity contribution in [3.05, 3.63) is 34.6 Å². The lowest BCUT2D eigenvalue weighted by atomic mass is 10.2. The molecule has 24 heavy (non-hydrogen) atoms. The number of rotatable bonds is 6. The predicted octanol–water partition coefficient (Wildman–Crippen LogP) is 1.19. The monoisotopic (exact) mass is 349 g/mol. The number of fused-ring (bicyclic) bond motifs is 1. The Kier molecular flexibility index (Phi) is 5.97. The Morgan fingerprint density at radius 3 is 2.75 bits per heavy atom. The molecule has 1 aromatic heterocycles. The molecule has 0 radical (unpaired) electrons. The minimum atomic E-state index is -0.554. The number of carbonyl (C=O) groups is 2. The van der Waals surface area contributed by atoms with Crippen LogP contribution < -0.4 is 10.9 Å². The maximum absolute atomic E-state index is 12.7. The lowest BCUT2D eigenvalue weighted by Crippen LogP contribution is -2.32. The first kappa shape index (κ1) is 18.0. The molecule has 0 saturated heterocycles. The van der Waals surface area contributed by atoms with Crippen molar-refractivity contribution in [3.8, 4) is 0 Å². The van der Waals surface area contributed by atoms with Crippen molar-refractivity contribution in [2.75, 3.05) is 13.7 Å². The van der Waals surface area contributed by atoms with Gasteiger partial charge in [0.15, 0.2) is 5.16 Å². The molecule has 1 atom stereocenters. The Bertz CT molecular complexity index is 819. The number of benzene rings is 1. The number of nitrogens with one attached hydrogen (secondary N) is 1. The van der Waals surface area contributed by atoms with E-state index in [-0.39, 0.29) is 18.0 Å². The van der Waals surface area contributed by atoms with E-state index in [1.165, 1.54) is 11.7 Å². The number of hydrogen-bond donors (Lipinski definition) is 1. The quantitative estimate of drug-likeness (QED) is 0.479. The van der Waals surface area contributed by atoms with Crippen LogP contribution in [0.15, 0.2) is 34.2 Å². The molecule has 0 unspecified atom stereocenters. The topological polar surface area (TPSA) is 90.3 Å². The van der Waals surface area contributed by atoms with Gasteiger partial charge in [-0.2, -0.15) is 0 Å². The van der Waals surface area contributed by atoms with E-state index in [1.807, 2.05) is 6.92 Å². The first-order valence-electron chi connectivity index (χ1n) is 7.48. The summed E-state index contributed by atoms with van der Waals surface area (Å²) >= 11 is 1.13. The predicted molar refractivity (Wildman–Crippen MR) is 92.0 cm³/mol. The van der Waals surface area contributed by atoms with E-state index < -0.39 is 11.2 Å². The molecule has 0 saturated carbocycles. The van der Waals surface area contributed by atoms with Crippen LogP contribution in [0.1, 0.15) is 13.8 Å². The molecule has 2 aromatic rings. The zero-order chi connectivity index (χ0) is 17.7. The van der Waals surface area contributed by atoms with Crippen LogP contribution >= 0.6 is 11.8 Å². The fraction of sp³-hybridized carbons (Fsp3) is 0.375. The summed E-state index contributed by atoms with van der Waals surface area (Å²) in [5.74, 6) is -0.712. The van der Waals surface area contributed by atoms with Gasteiger partial charge in [0.2, 0.25) is 5.91 Å². The minimum Gasteiger partial charge on any atom is -0.468 e. The summed E-state index contributed by atoms with van der Waals surface area (Å²) in [7, 11) is 1.26. The first-order chi connectivity index (χ1) is 11.5. The molecule has 0 bridgehead atoms. The van der Waals surface area contributed by atoms with Crippen molar-refractivity contribution in [2.24, 2.45) is 0 Å². The van der Waals surface area contributed by atoms with Crippen molar-refractivity contribution in [1.82, 2.24) is 14.9 Å². The fourth-order valence-corrected chi connectivity index (χ4v) is 3.03. The van der Waals surface area contributed by atoms with Gasteiger partial charge in [-0.05, 0) is 26.0 Å². The minimum absolute atomic E-state index is 0.158. The average Bonchev–Trinajstić information content (AvgIpc) is 2.58. The van der Waals surface area contributed by atoms with Crippen LogP contribution in [-0.2, 0) is 20.9 Å². The standard InChI is InChI=1S/C16H19N3O4S/c1-4-17-14(21)10(2)24-16-18-12-8-6-5-7-11(12)15(22)19(16)9-13(20)23-3/h5-8,10H,4,9H2,1-3H3,(H,17,21)/t10-/m0/s1. The third-order valence-corrected chi connectivity index (χ3v) is 4.43. The second kappa shape index (κ2) is 7.96. The van der Waals surface area contributed by atoms with E-state index in [9.17, 15) is 14.4 Å². The van der Waals surface area contributed by atoms with Crippen molar-refractivity contribution < 1.29 is 14.3 Å². The Hall–Kier alpha value is -2.35. The Morgan fingerprint density at radius 1 is 1.38 bits per heavy atom. The summed E-state index contributed by atoms with van der Waals surface area (Å²) in [6, 6.07) is 6.89. The molecular weight excluding hydrogens is 330 g/mol. The normalized spacial score (nSPS) is 12.0. The van der Waals surface area contributed by atoms with Gasteiger partial charge in [0, 0.05) is 6.54 Å². The van der Waals surface area contributed by atoms with Gasteiger partial charge in [0.25, 0.3) is 5.56 Å². The molecular formula is C16H19N3O4S. The third-order valence-electron chi connectivity index (χ3n) is 3.34. The van der Waals surface area contributed by atoms with Crippen LogP contribution in [0.5, 0.6) is 0 Å². The van der Waals surface area contributed by atoms with Crippen LogP contribution in [0.2, 0.25) is 0 Å². The van der Waals surface area contributed by atoms with Gasteiger partial charge < -0.3 is 10.1 Å². The smallest absolute Gasteiger partial charge is 0.325 e. The number of nitrogens with zero attached hydrogens (tertiary/aromatic N) is 2. The molecule has 1 heterocycles. The number of methoxy groups -OCH3 is 1. The van der Waals surface area contributed by atoms with Crippen LogP contribution in [0.4, 0.5) is 0 Å². The number of amides is 1. The Balaban J connectivity index is 2.49. The molecule has 1 aromatic carbocycles. The van der Waals surface area contributed by atoms with E-state index in [0.29, 0.717) is 22.6 Å². The van der Waals surface area contributed by atoms with Gasteiger partial charge >= 0.3 is 5.97 Å². The molecule has 0 aliphatic carbocycles. The molecule has 8 heteroatoms. The van der Waals surface area contributed by atoms with Crippen molar-refractivity contribution in [2.45, 2.75) is 30.8 Å². The summed E-state index contributed by atoms with van der Waals surface area (Å²) in [4.78, 5) is 40.7. The van der Waals surface area contributed by atoms with Crippen molar-refractivity contribution >= 4 is 34.5 Å². The maximum Gasteiger partial charge on any atom is 0.325 e. The summed E-state index contributed by atoms with van der Waals surface area (Å²) in [5, 5.41) is 2.99. The second-order valence-corrected chi connectivity index (χ2v) is 6.34. The van der Waals surface area contributed by atoms with Crippen LogP contribution in [0.25, 0.3) is 10.9 Å². The zero-order valence-electron chi connectivity index (χ0n) is 13.7. The lowest BCUT2D eigenvalue weighted by Gasteiger charge is -2.15. The van der Waals surface area contributed by atoms with Gasteiger partial charge in [-0.1, -0.05) is 23.9 Å². The number of thioether (sulfide) groups is 1. The maximum atomic E-state index is 12.7. The van der Waals surface area contributed by atoms with Gasteiger partial charge in [-0.25, -0.2) is 4.98 Å². The Labute approximate surface area is 143 Å². The van der Waals surface area contributed by atoms with E-state index in [2.05, 4.69) is 15.0 Å². The largest absolute Gasteiger partial charge is 0.468 e. The first-order valence-corrected chi connectivity index (χ1v) is 8.36. The highest BCUT2D eigenvalue weighted by molar-refractivity contribution is 8.00. The Morgan fingerprint density at radius 2 is 2.08 bits per heavy atom. The molecule has 2 rings (SSSR count). The molecule has 0 spiro atoms. The van der Waals surface area contributed by atoms with Gasteiger partial charge in [0.05, 0.1) is 23.3 Å². The number of esters is 1. The summed E-state index contributed by atoms with van der Waals surface area (Å²) < 4.78 is 5.90. The lowest BCUT2D eigenvalue weighted by molar-refractivity contribution is -0.141.